The summed E-state index contributed by atoms with van der Waals surface area (Å²) in [4.78, 5) is 16.0. The maximum atomic E-state index is 12.0. The molecule has 142 valence electrons. The molecule has 1 unspecified atom stereocenters. The number of halogens is 1. The molecule has 0 saturated carbocycles. The zero-order valence-corrected chi connectivity index (χ0v) is 15.0. The summed E-state index contributed by atoms with van der Waals surface area (Å²) < 4.78 is 1.38. The summed E-state index contributed by atoms with van der Waals surface area (Å²) in [5.41, 5.74) is 6.97. The van der Waals surface area contributed by atoms with E-state index in [-0.39, 0.29) is 24.9 Å². The number of pyridine rings is 1. The summed E-state index contributed by atoms with van der Waals surface area (Å²) >= 11 is 0. The van der Waals surface area contributed by atoms with Gasteiger partial charge in [-0.3, -0.25) is 9.78 Å². The second kappa shape index (κ2) is 11.5. The molecule has 2 rings (SSSR count). The summed E-state index contributed by atoms with van der Waals surface area (Å²) in [6.45, 7) is 0.353. The Hall–Kier alpha value is -2.08. The van der Waals surface area contributed by atoms with Crippen molar-refractivity contribution >= 4 is 25.4 Å². The first kappa shape index (κ1) is 22.0. The molecule has 0 spiro atoms. The molecule has 0 saturated heterocycles. The lowest BCUT2D eigenvalue weighted by Gasteiger charge is -2.11. The van der Waals surface area contributed by atoms with Crippen LogP contribution in [0.15, 0.2) is 24.5 Å². The fourth-order valence-corrected chi connectivity index (χ4v) is 2.31. The van der Waals surface area contributed by atoms with E-state index in [0.717, 1.165) is 5.56 Å². The second-order valence-electron chi connectivity index (χ2n) is 5.70. The minimum atomic E-state index is -1.30. The third-order valence-corrected chi connectivity index (χ3v) is 3.62. The van der Waals surface area contributed by atoms with Gasteiger partial charge in [0.1, 0.15) is 6.54 Å². The predicted octanol–water partition coefficient (Wildman–Crippen LogP) is -0.551. The molecule has 0 radical (unpaired) electrons. The van der Waals surface area contributed by atoms with Gasteiger partial charge in [0.15, 0.2) is 5.82 Å². The number of nitrogens with zero attached hydrogens (tertiary/aromatic N) is 5. The Kier molecular flexibility index (Phi) is 9.74. The van der Waals surface area contributed by atoms with Gasteiger partial charge in [0.25, 0.3) is 0 Å². The van der Waals surface area contributed by atoms with Crippen LogP contribution in [0.2, 0.25) is 6.32 Å². The quantitative estimate of drug-likeness (QED) is 0.315. The van der Waals surface area contributed by atoms with E-state index in [1.165, 1.54) is 4.68 Å². The maximum Gasteiger partial charge on any atom is 0.451 e. The Morgan fingerprint density at radius 1 is 1.38 bits per heavy atom. The lowest BCUT2D eigenvalue weighted by molar-refractivity contribution is -0.122. The molecule has 2 aromatic rings. The molecule has 0 fully saturated rings. The van der Waals surface area contributed by atoms with Gasteiger partial charge in [-0.2, -0.15) is 0 Å². The van der Waals surface area contributed by atoms with Crippen molar-refractivity contribution < 1.29 is 14.8 Å². The van der Waals surface area contributed by atoms with Gasteiger partial charge in [0.05, 0.1) is 6.04 Å². The smallest absolute Gasteiger partial charge is 0.427 e. The molecule has 26 heavy (non-hydrogen) atoms. The molecule has 2 heterocycles. The number of tetrazole rings is 1. The molecule has 12 heteroatoms. The van der Waals surface area contributed by atoms with Crippen LogP contribution in [-0.2, 0) is 17.9 Å². The van der Waals surface area contributed by atoms with E-state index in [1.807, 2.05) is 6.07 Å². The minimum Gasteiger partial charge on any atom is -0.427 e. The molecule has 0 aromatic carbocycles. The van der Waals surface area contributed by atoms with Crippen LogP contribution in [0, 0.1) is 0 Å². The van der Waals surface area contributed by atoms with Gasteiger partial charge in [-0.25, -0.2) is 4.68 Å². The van der Waals surface area contributed by atoms with E-state index >= 15 is 0 Å². The van der Waals surface area contributed by atoms with Crippen LogP contribution in [0.25, 0.3) is 0 Å². The summed E-state index contributed by atoms with van der Waals surface area (Å²) in [6, 6.07) is 3.25. The van der Waals surface area contributed by atoms with Crippen LogP contribution in [0.3, 0.4) is 0 Å². The van der Waals surface area contributed by atoms with Gasteiger partial charge in [-0.05, 0) is 34.8 Å². The molecule has 10 nitrogen and oxygen atoms in total. The predicted molar refractivity (Wildman–Crippen MR) is 96.9 cm³/mol. The Morgan fingerprint density at radius 3 is 2.88 bits per heavy atom. The van der Waals surface area contributed by atoms with Gasteiger partial charge in [0.2, 0.25) is 5.91 Å². The lowest BCUT2D eigenvalue weighted by atomic mass is 9.83. The largest absolute Gasteiger partial charge is 0.451 e. The number of rotatable bonds is 10. The molecule has 0 bridgehead atoms. The van der Waals surface area contributed by atoms with Crippen molar-refractivity contribution in [3.8, 4) is 0 Å². The summed E-state index contributed by atoms with van der Waals surface area (Å²) in [5, 5.41) is 31.7. The average molecular weight is 384 g/mol. The van der Waals surface area contributed by atoms with Crippen LogP contribution in [0.5, 0.6) is 0 Å². The highest BCUT2D eigenvalue weighted by atomic mass is 35.5. The number of nitrogens with two attached hydrogens (primary N) is 1. The van der Waals surface area contributed by atoms with Gasteiger partial charge >= 0.3 is 7.12 Å². The van der Waals surface area contributed by atoms with Crippen LogP contribution in [0.4, 0.5) is 0 Å². The Labute approximate surface area is 157 Å². The molecule has 0 aliphatic heterocycles. The highest BCUT2D eigenvalue weighted by Gasteiger charge is 2.17. The summed E-state index contributed by atoms with van der Waals surface area (Å²) in [7, 11) is -1.30. The number of hydrogen-bond donors (Lipinski definition) is 4. The lowest BCUT2D eigenvalue weighted by Crippen LogP contribution is -2.29. The molecular formula is C14H23BClN7O3. The second-order valence-corrected chi connectivity index (χ2v) is 5.70. The summed E-state index contributed by atoms with van der Waals surface area (Å²) in [6.07, 6.45) is 5.58. The highest BCUT2D eigenvalue weighted by Crippen LogP contribution is 2.14. The van der Waals surface area contributed by atoms with Gasteiger partial charge < -0.3 is 21.1 Å². The SMILES string of the molecule is Cl.NC(CCCCB(O)O)c1nnnn1CC(=O)NCc1cccnc1. The third kappa shape index (κ3) is 7.44. The topological polar surface area (TPSA) is 152 Å². The molecule has 0 aliphatic rings. The summed E-state index contributed by atoms with van der Waals surface area (Å²) in [5.74, 6) is 0.203. The van der Waals surface area contributed by atoms with Crippen LogP contribution in [-0.4, -0.2) is 48.3 Å². The van der Waals surface area contributed by atoms with Crippen LogP contribution < -0.4 is 11.1 Å². The van der Waals surface area contributed by atoms with Crippen molar-refractivity contribution in [3.63, 3.8) is 0 Å². The number of unbranched alkanes of at least 4 members (excludes halogenated alkanes) is 1. The Bertz CT molecular complexity index is 659. The first-order chi connectivity index (χ1) is 12.1. The minimum absolute atomic E-state index is 0. The first-order valence-corrected chi connectivity index (χ1v) is 8.09. The van der Waals surface area contributed by atoms with E-state index in [1.54, 1.807) is 18.5 Å². The van der Waals surface area contributed by atoms with E-state index < -0.39 is 13.2 Å². The van der Waals surface area contributed by atoms with E-state index in [2.05, 4.69) is 25.8 Å². The normalized spacial score (nSPS) is 11.5. The van der Waals surface area contributed by atoms with Crippen molar-refractivity contribution in [1.82, 2.24) is 30.5 Å². The Balaban J connectivity index is 0.00000338. The molecule has 1 atom stereocenters. The number of carbonyl (C=O) groups is 1. The van der Waals surface area contributed by atoms with Crippen molar-refractivity contribution in [1.29, 1.82) is 0 Å². The highest BCUT2D eigenvalue weighted by molar-refractivity contribution is 6.40. The first-order valence-electron chi connectivity index (χ1n) is 8.09. The molecule has 1 amide bonds. The van der Waals surface area contributed by atoms with Crippen molar-refractivity contribution in [2.24, 2.45) is 5.73 Å². The zero-order valence-electron chi connectivity index (χ0n) is 14.2. The average Bonchev–Trinajstić information content (AvgIpc) is 3.05. The number of hydrogen-bond acceptors (Lipinski definition) is 8. The number of carbonyl (C=O) groups excluding carboxylic acids is 1. The number of amides is 1. The Morgan fingerprint density at radius 2 is 2.19 bits per heavy atom. The van der Waals surface area contributed by atoms with Gasteiger partial charge in [-0.1, -0.05) is 18.9 Å². The standard InChI is InChI=1S/C14H22BN7O3.ClH/c16-12(5-1-2-6-15(24)25)14-19-20-21-22(14)10-13(23)18-9-11-4-3-7-17-8-11;/h3-4,7-8,12,24-25H,1-2,5-6,9-10,16H2,(H,18,23);1H. The van der Waals surface area contributed by atoms with Crippen LogP contribution in [0.1, 0.15) is 36.7 Å². The molecule has 5 N–H and O–H groups in total. The van der Waals surface area contributed by atoms with Crippen molar-refractivity contribution in [2.75, 3.05) is 0 Å². The monoisotopic (exact) mass is 383 g/mol. The number of nitrogens with one attached hydrogen (secondary N) is 1. The van der Waals surface area contributed by atoms with Crippen molar-refractivity contribution in [3.05, 3.63) is 35.9 Å². The van der Waals surface area contributed by atoms with E-state index in [9.17, 15) is 4.79 Å². The fourth-order valence-electron chi connectivity index (χ4n) is 2.31. The zero-order chi connectivity index (χ0) is 18.1. The van der Waals surface area contributed by atoms with Gasteiger partial charge in [0, 0.05) is 18.9 Å². The fraction of sp³-hybridized carbons (Fsp3) is 0.500. The number of aromatic nitrogens is 5. The van der Waals surface area contributed by atoms with Gasteiger partial charge in [-0.15, -0.1) is 17.5 Å². The molecule has 2 aromatic heterocycles. The van der Waals surface area contributed by atoms with Crippen molar-refractivity contribution in [2.45, 2.75) is 44.7 Å². The third-order valence-electron chi connectivity index (χ3n) is 3.62. The van der Waals surface area contributed by atoms with E-state index in [0.29, 0.717) is 38.0 Å². The molecular weight excluding hydrogens is 360 g/mol. The maximum absolute atomic E-state index is 12.0. The van der Waals surface area contributed by atoms with Crippen LogP contribution >= 0.6 is 12.4 Å². The van der Waals surface area contributed by atoms with E-state index in [4.69, 9.17) is 15.8 Å². The molecule has 0 aliphatic carbocycles.